The Balaban J connectivity index is 0.00000338. The maximum absolute atomic E-state index is 13.9. The molecule has 1 atom stereocenters. The summed E-state index contributed by atoms with van der Waals surface area (Å²) in [5.41, 5.74) is 0. The van der Waals surface area contributed by atoms with E-state index in [0.29, 0.717) is 31.4 Å². The lowest BCUT2D eigenvalue weighted by molar-refractivity contribution is -0.119. The van der Waals surface area contributed by atoms with Crippen LogP contribution in [0.1, 0.15) is 26.7 Å². The Hall–Kier alpha value is -1.65. The molecule has 0 saturated carbocycles. The van der Waals surface area contributed by atoms with E-state index in [-0.39, 0.29) is 48.3 Å². The van der Waals surface area contributed by atoms with Crippen molar-refractivity contribution in [2.45, 2.75) is 32.7 Å². The van der Waals surface area contributed by atoms with Crippen LogP contribution in [0.25, 0.3) is 0 Å². The van der Waals surface area contributed by atoms with Crippen LogP contribution >= 0.6 is 24.0 Å². The number of hydrogen-bond acceptors (Lipinski definition) is 4. The zero-order valence-electron chi connectivity index (χ0n) is 15.3. The van der Waals surface area contributed by atoms with Gasteiger partial charge < -0.3 is 20.9 Å². The Morgan fingerprint density at radius 2 is 2.23 bits per heavy atom. The molecule has 0 aliphatic carbocycles. The van der Waals surface area contributed by atoms with Gasteiger partial charge in [0.05, 0.1) is 0 Å². The first-order chi connectivity index (χ1) is 12.1. The van der Waals surface area contributed by atoms with Crippen molar-refractivity contribution in [2.75, 3.05) is 37.6 Å². The number of aromatic nitrogens is 1. The summed E-state index contributed by atoms with van der Waals surface area (Å²) in [5.74, 6) is 0.578. The number of nitrogens with one attached hydrogen (secondary N) is 3. The Bertz CT molecular complexity index is 600. The minimum atomic E-state index is -0.309. The zero-order chi connectivity index (χ0) is 18.1. The second-order valence-corrected chi connectivity index (χ2v) is 5.93. The Labute approximate surface area is 171 Å². The van der Waals surface area contributed by atoms with Gasteiger partial charge in [-0.3, -0.25) is 4.79 Å². The molecule has 0 spiro atoms. The summed E-state index contributed by atoms with van der Waals surface area (Å²) < 4.78 is 13.9. The van der Waals surface area contributed by atoms with Crippen LogP contribution in [0, 0.1) is 5.82 Å². The number of halogens is 2. The second kappa shape index (κ2) is 11.9. The predicted molar refractivity (Wildman–Crippen MR) is 113 cm³/mol. The first kappa shape index (κ1) is 22.4. The van der Waals surface area contributed by atoms with Crippen molar-refractivity contribution < 1.29 is 9.18 Å². The molecule has 9 heteroatoms. The van der Waals surface area contributed by atoms with Crippen LogP contribution in [-0.2, 0) is 4.79 Å². The third kappa shape index (κ3) is 6.93. The lowest BCUT2D eigenvalue weighted by Gasteiger charge is -2.19. The molecule has 1 fully saturated rings. The molecule has 1 saturated heterocycles. The van der Waals surface area contributed by atoms with E-state index in [1.807, 2.05) is 18.7 Å². The molecule has 1 amide bonds. The minimum absolute atomic E-state index is 0. The fourth-order valence-corrected chi connectivity index (χ4v) is 2.67. The molecule has 0 radical (unpaired) electrons. The van der Waals surface area contributed by atoms with Crippen molar-refractivity contribution in [1.29, 1.82) is 0 Å². The lowest BCUT2D eigenvalue weighted by atomic mass is 10.3. The first-order valence-electron chi connectivity index (χ1n) is 8.81. The summed E-state index contributed by atoms with van der Waals surface area (Å²) in [5, 5.41) is 9.25. The third-order valence-electron chi connectivity index (χ3n) is 3.86. The van der Waals surface area contributed by atoms with Gasteiger partial charge in [-0.1, -0.05) is 6.92 Å². The molecule has 7 nitrogen and oxygen atoms in total. The SMILES string of the molecule is CCCNC(=O)CN=C(NCC)NC1CCN(c2ncccc2F)C1.I. The largest absolute Gasteiger partial charge is 0.357 e. The van der Waals surface area contributed by atoms with Gasteiger partial charge in [-0.25, -0.2) is 14.4 Å². The monoisotopic (exact) mass is 478 g/mol. The Morgan fingerprint density at radius 1 is 1.42 bits per heavy atom. The summed E-state index contributed by atoms with van der Waals surface area (Å²) in [7, 11) is 0. The maximum Gasteiger partial charge on any atom is 0.241 e. The zero-order valence-corrected chi connectivity index (χ0v) is 17.6. The maximum atomic E-state index is 13.9. The number of hydrogen-bond donors (Lipinski definition) is 3. The quantitative estimate of drug-likeness (QED) is 0.315. The number of carbonyl (C=O) groups is 1. The highest BCUT2D eigenvalue weighted by Crippen LogP contribution is 2.20. The summed E-state index contributed by atoms with van der Waals surface area (Å²) in [4.78, 5) is 22.1. The highest BCUT2D eigenvalue weighted by Gasteiger charge is 2.25. The highest BCUT2D eigenvalue weighted by atomic mass is 127. The smallest absolute Gasteiger partial charge is 0.241 e. The standard InChI is InChI=1S/C17H27FN6O.HI/c1-3-8-20-15(25)11-22-17(19-4-2)23-13-7-10-24(12-13)16-14(18)6-5-9-21-16;/h5-6,9,13H,3-4,7-8,10-12H2,1-2H3,(H,20,25)(H2,19,22,23);1H. The van der Waals surface area contributed by atoms with Crippen LogP contribution < -0.4 is 20.9 Å². The summed E-state index contributed by atoms with van der Waals surface area (Å²) >= 11 is 0. The van der Waals surface area contributed by atoms with Gasteiger partial charge in [0.25, 0.3) is 0 Å². The number of rotatable bonds is 7. The van der Waals surface area contributed by atoms with Crippen molar-refractivity contribution in [2.24, 2.45) is 4.99 Å². The molecule has 146 valence electrons. The van der Waals surface area contributed by atoms with Crippen LogP contribution in [-0.4, -0.2) is 55.6 Å². The van der Waals surface area contributed by atoms with Crippen LogP contribution in [0.4, 0.5) is 10.2 Å². The topological polar surface area (TPSA) is 81.6 Å². The average Bonchev–Trinajstić information content (AvgIpc) is 3.06. The van der Waals surface area contributed by atoms with Gasteiger partial charge in [-0.2, -0.15) is 0 Å². The summed E-state index contributed by atoms with van der Waals surface area (Å²) in [6, 6.07) is 3.13. The lowest BCUT2D eigenvalue weighted by Crippen LogP contribution is -2.45. The Morgan fingerprint density at radius 3 is 2.92 bits per heavy atom. The number of amides is 1. The van der Waals surface area contributed by atoms with Gasteiger partial charge in [0.1, 0.15) is 6.54 Å². The molecule has 1 unspecified atom stereocenters. The molecule has 1 aromatic rings. The molecule has 0 aromatic carbocycles. The van der Waals surface area contributed by atoms with Crippen LogP contribution in [0.2, 0.25) is 0 Å². The first-order valence-corrected chi connectivity index (χ1v) is 8.81. The Kier molecular flexibility index (Phi) is 10.2. The molecular formula is C17H28FIN6O. The third-order valence-corrected chi connectivity index (χ3v) is 3.86. The van der Waals surface area contributed by atoms with E-state index in [2.05, 4.69) is 25.9 Å². The van der Waals surface area contributed by atoms with Gasteiger partial charge in [0.2, 0.25) is 5.91 Å². The summed E-state index contributed by atoms with van der Waals surface area (Å²) in [6.45, 7) is 6.78. The fraction of sp³-hybridized carbons (Fsp3) is 0.588. The number of guanidine groups is 1. The number of pyridine rings is 1. The molecule has 2 rings (SSSR count). The molecular weight excluding hydrogens is 450 g/mol. The van der Waals surface area contributed by atoms with Crippen molar-refractivity contribution in [3.63, 3.8) is 0 Å². The molecule has 1 aliphatic heterocycles. The molecule has 1 aromatic heterocycles. The van der Waals surface area contributed by atoms with Gasteiger partial charge in [0.15, 0.2) is 17.6 Å². The normalized spacial score (nSPS) is 16.8. The molecule has 2 heterocycles. The van der Waals surface area contributed by atoms with E-state index in [1.165, 1.54) is 6.07 Å². The van der Waals surface area contributed by atoms with E-state index < -0.39 is 0 Å². The van der Waals surface area contributed by atoms with E-state index in [1.54, 1.807) is 12.3 Å². The second-order valence-electron chi connectivity index (χ2n) is 5.93. The molecule has 26 heavy (non-hydrogen) atoms. The van der Waals surface area contributed by atoms with E-state index in [0.717, 1.165) is 19.4 Å². The minimum Gasteiger partial charge on any atom is -0.357 e. The van der Waals surface area contributed by atoms with Crippen LogP contribution in [0.5, 0.6) is 0 Å². The van der Waals surface area contributed by atoms with Crippen molar-refractivity contribution in [1.82, 2.24) is 20.9 Å². The highest BCUT2D eigenvalue weighted by molar-refractivity contribution is 14.0. The van der Waals surface area contributed by atoms with E-state index in [9.17, 15) is 9.18 Å². The van der Waals surface area contributed by atoms with Crippen molar-refractivity contribution >= 4 is 41.7 Å². The predicted octanol–water partition coefficient (Wildman–Crippen LogP) is 1.50. The number of aliphatic imine (C=N–C) groups is 1. The number of carbonyl (C=O) groups excluding carboxylic acids is 1. The van der Waals surface area contributed by atoms with E-state index in [4.69, 9.17) is 0 Å². The van der Waals surface area contributed by atoms with Crippen molar-refractivity contribution in [3.8, 4) is 0 Å². The average molecular weight is 478 g/mol. The number of nitrogens with zero attached hydrogens (tertiary/aromatic N) is 3. The van der Waals surface area contributed by atoms with Gasteiger partial charge in [-0.15, -0.1) is 24.0 Å². The van der Waals surface area contributed by atoms with Gasteiger partial charge >= 0.3 is 0 Å². The molecule has 3 N–H and O–H groups in total. The van der Waals surface area contributed by atoms with Gasteiger partial charge in [-0.05, 0) is 31.9 Å². The van der Waals surface area contributed by atoms with E-state index >= 15 is 0 Å². The summed E-state index contributed by atoms with van der Waals surface area (Å²) in [6.07, 6.45) is 3.35. The fourth-order valence-electron chi connectivity index (χ4n) is 2.67. The van der Waals surface area contributed by atoms with Gasteiger partial charge in [0, 0.05) is 38.4 Å². The van der Waals surface area contributed by atoms with Crippen LogP contribution in [0.3, 0.4) is 0 Å². The molecule has 0 bridgehead atoms. The van der Waals surface area contributed by atoms with Crippen LogP contribution in [0.15, 0.2) is 23.3 Å². The number of anilines is 1. The van der Waals surface area contributed by atoms with Crippen molar-refractivity contribution in [3.05, 3.63) is 24.1 Å². The molecule has 1 aliphatic rings.